The molecule has 0 aliphatic carbocycles. The van der Waals surface area contributed by atoms with Crippen molar-refractivity contribution in [3.63, 3.8) is 0 Å². The highest BCUT2D eigenvalue weighted by molar-refractivity contribution is 6.31. The van der Waals surface area contributed by atoms with E-state index in [0.29, 0.717) is 17.1 Å². The third-order valence-corrected chi connectivity index (χ3v) is 3.41. The van der Waals surface area contributed by atoms with Gasteiger partial charge in [0.1, 0.15) is 0 Å². The summed E-state index contributed by atoms with van der Waals surface area (Å²) in [5.41, 5.74) is 8.12. The average Bonchev–Trinajstić information content (AvgIpc) is 2.49. The van der Waals surface area contributed by atoms with Gasteiger partial charge in [-0.05, 0) is 30.8 Å². The first-order valence-electron chi connectivity index (χ1n) is 6.45. The fraction of sp³-hybridized carbons (Fsp3) is 0.200. The molecule has 0 bridgehead atoms. The summed E-state index contributed by atoms with van der Waals surface area (Å²) in [7, 11) is 2.00. The molecule has 2 aromatic rings. The van der Waals surface area contributed by atoms with E-state index in [-0.39, 0.29) is 5.84 Å². The van der Waals surface area contributed by atoms with Gasteiger partial charge in [-0.15, -0.1) is 0 Å². The van der Waals surface area contributed by atoms with Gasteiger partial charge in [0.25, 0.3) is 0 Å². The third kappa shape index (κ3) is 4.18. The van der Waals surface area contributed by atoms with Crippen LogP contribution in [0.15, 0.2) is 47.8 Å². The minimum Gasteiger partial charge on any atom is -0.409 e. The molecule has 0 fully saturated rings. The van der Waals surface area contributed by atoms with Crippen molar-refractivity contribution >= 4 is 17.4 Å². The average molecular weight is 305 g/mol. The number of pyridine rings is 1. The molecule has 3 N–H and O–H groups in total. The summed E-state index contributed by atoms with van der Waals surface area (Å²) in [5, 5.41) is 12.2. The Morgan fingerprint density at radius 3 is 2.76 bits per heavy atom. The fourth-order valence-corrected chi connectivity index (χ4v) is 2.25. The Bertz CT molecular complexity index is 631. The smallest absolute Gasteiger partial charge is 0.170 e. The van der Waals surface area contributed by atoms with Crippen molar-refractivity contribution in [2.24, 2.45) is 10.9 Å². The van der Waals surface area contributed by atoms with E-state index in [9.17, 15) is 0 Å². The lowest BCUT2D eigenvalue weighted by Gasteiger charge is -2.17. The van der Waals surface area contributed by atoms with Crippen LogP contribution in [-0.2, 0) is 13.1 Å². The van der Waals surface area contributed by atoms with Crippen molar-refractivity contribution in [2.45, 2.75) is 13.1 Å². The molecule has 1 aromatic carbocycles. The van der Waals surface area contributed by atoms with Crippen molar-refractivity contribution in [2.75, 3.05) is 7.05 Å². The molecule has 0 aliphatic heterocycles. The van der Waals surface area contributed by atoms with Crippen LogP contribution in [0.4, 0.5) is 0 Å². The lowest BCUT2D eigenvalue weighted by atomic mass is 10.1. The topological polar surface area (TPSA) is 74.7 Å². The molecule has 0 radical (unpaired) electrons. The third-order valence-electron chi connectivity index (χ3n) is 3.05. The number of benzene rings is 1. The van der Waals surface area contributed by atoms with Gasteiger partial charge in [-0.1, -0.05) is 35.0 Å². The minimum absolute atomic E-state index is 0.0466. The van der Waals surface area contributed by atoms with Crippen LogP contribution < -0.4 is 5.73 Å². The number of nitrogens with zero attached hydrogens (tertiary/aromatic N) is 3. The van der Waals surface area contributed by atoms with Crippen molar-refractivity contribution in [3.8, 4) is 0 Å². The Labute approximate surface area is 128 Å². The Kier molecular flexibility index (Phi) is 5.14. The second kappa shape index (κ2) is 7.06. The summed E-state index contributed by atoms with van der Waals surface area (Å²) >= 11 is 6.24. The van der Waals surface area contributed by atoms with E-state index >= 15 is 0 Å². The normalized spacial score (nSPS) is 11.9. The van der Waals surface area contributed by atoms with E-state index in [1.807, 2.05) is 31.3 Å². The maximum atomic E-state index is 8.66. The van der Waals surface area contributed by atoms with Crippen LogP contribution in [0, 0.1) is 0 Å². The molecule has 1 aromatic heterocycles. The molecule has 0 amide bonds. The van der Waals surface area contributed by atoms with Gasteiger partial charge in [0.05, 0.1) is 5.69 Å². The van der Waals surface area contributed by atoms with Crippen LogP contribution in [0.5, 0.6) is 0 Å². The molecule has 5 nitrogen and oxygen atoms in total. The van der Waals surface area contributed by atoms with Gasteiger partial charge in [0.15, 0.2) is 5.84 Å². The lowest BCUT2D eigenvalue weighted by Crippen LogP contribution is -2.18. The molecule has 0 spiro atoms. The van der Waals surface area contributed by atoms with Gasteiger partial charge in [0, 0.05) is 29.9 Å². The van der Waals surface area contributed by atoms with Crippen LogP contribution in [0.2, 0.25) is 5.02 Å². The molecule has 110 valence electrons. The van der Waals surface area contributed by atoms with Crippen LogP contribution in [0.1, 0.15) is 16.8 Å². The summed E-state index contributed by atoms with van der Waals surface area (Å²) < 4.78 is 0. The Morgan fingerprint density at radius 1 is 1.33 bits per heavy atom. The van der Waals surface area contributed by atoms with Gasteiger partial charge in [-0.2, -0.15) is 0 Å². The van der Waals surface area contributed by atoms with Crippen LogP contribution in [-0.4, -0.2) is 28.0 Å². The predicted octanol–water partition coefficient (Wildman–Crippen LogP) is 2.46. The van der Waals surface area contributed by atoms with Gasteiger partial charge < -0.3 is 10.9 Å². The maximum Gasteiger partial charge on any atom is 0.170 e. The maximum absolute atomic E-state index is 8.66. The molecule has 0 atom stereocenters. The van der Waals surface area contributed by atoms with E-state index in [2.05, 4.69) is 15.0 Å². The standard InChI is InChI=1S/C15H17ClN4O/c1-20(10-13-4-2-3-7-18-13)9-12-6-5-11(8-14(12)16)15(17)19-21/h2-8,21H,9-10H2,1H3,(H2,17,19). The van der Waals surface area contributed by atoms with E-state index in [4.69, 9.17) is 22.5 Å². The summed E-state index contributed by atoms with van der Waals surface area (Å²) in [6, 6.07) is 11.2. The lowest BCUT2D eigenvalue weighted by molar-refractivity contribution is 0.315. The van der Waals surface area contributed by atoms with Crippen LogP contribution >= 0.6 is 11.6 Å². The number of aromatic nitrogens is 1. The summed E-state index contributed by atoms with van der Waals surface area (Å²) in [6.45, 7) is 1.42. The van der Waals surface area contributed by atoms with Crippen molar-refractivity contribution < 1.29 is 5.21 Å². The largest absolute Gasteiger partial charge is 0.409 e. The molecule has 0 aliphatic rings. The number of nitrogens with two attached hydrogens (primary N) is 1. The molecule has 6 heteroatoms. The number of hydrogen-bond acceptors (Lipinski definition) is 4. The molecular formula is C15H17ClN4O. The van der Waals surface area contributed by atoms with Crippen molar-refractivity contribution in [1.29, 1.82) is 0 Å². The Hall–Kier alpha value is -2.11. The molecular weight excluding hydrogens is 288 g/mol. The highest BCUT2D eigenvalue weighted by Crippen LogP contribution is 2.20. The predicted molar refractivity (Wildman–Crippen MR) is 83.4 cm³/mol. The number of rotatable bonds is 5. The molecule has 0 unspecified atom stereocenters. The number of hydrogen-bond donors (Lipinski definition) is 2. The first-order valence-corrected chi connectivity index (χ1v) is 6.82. The van der Waals surface area contributed by atoms with Gasteiger partial charge in [0.2, 0.25) is 0 Å². The summed E-state index contributed by atoms with van der Waals surface area (Å²) in [5.74, 6) is 0.0466. The molecule has 2 rings (SSSR count). The van der Waals surface area contributed by atoms with E-state index in [0.717, 1.165) is 17.8 Å². The van der Waals surface area contributed by atoms with Crippen LogP contribution in [0.3, 0.4) is 0 Å². The molecule has 21 heavy (non-hydrogen) atoms. The van der Waals surface area contributed by atoms with Gasteiger partial charge in [-0.3, -0.25) is 9.88 Å². The number of amidine groups is 1. The van der Waals surface area contributed by atoms with E-state index in [1.165, 1.54) is 0 Å². The van der Waals surface area contributed by atoms with Gasteiger partial charge >= 0.3 is 0 Å². The highest BCUT2D eigenvalue weighted by atomic mass is 35.5. The minimum atomic E-state index is 0.0466. The highest BCUT2D eigenvalue weighted by Gasteiger charge is 2.08. The Morgan fingerprint density at radius 2 is 2.14 bits per heavy atom. The van der Waals surface area contributed by atoms with Crippen molar-refractivity contribution in [3.05, 3.63) is 64.4 Å². The summed E-state index contributed by atoms with van der Waals surface area (Å²) in [4.78, 5) is 6.41. The zero-order valence-electron chi connectivity index (χ0n) is 11.7. The monoisotopic (exact) mass is 304 g/mol. The number of halogens is 1. The zero-order valence-corrected chi connectivity index (χ0v) is 12.5. The first-order chi connectivity index (χ1) is 10.1. The van der Waals surface area contributed by atoms with Gasteiger partial charge in [-0.25, -0.2) is 0 Å². The quantitative estimate of drug-likeness (QED) is 0.385. The fourth-order valence-electron chi connectivity index (χ4n) is 2.01. The first kappa shape index (κ1) is 15.3. The van der Waals surface area contributed by atoms with E-state index < -0.39 is 0 Å². The zero-order chi connectivity index (χ0) is 15.2. The molecule has 0 saturated heterocycles. The molecule has 0 saturated carbocycles. The second-order valence-corrected chi connectivity index (χ2v) is 5.19. The molecule has 1 heterocycles. The SMILES string of the molecule is CN(Cc1ccccn1)Cc1ccc(/C(N)=N/O)cc1Cl. The second-order valence-electron chi connectivity index (χ2n) is 4.78. The van der Waals surface area contributed by atoms with E-state index in [1.54, 1.807) is 18.3 Å². The van der Waals surface area contributed by atoms with Crippen LogP contribution in [0.25, 0.3) is 0 Å². The number of oxime groups is 1. The summed E-state index contributed by atoms with van der Waals surface area (Å²) in [6.07, 6.45) is 1.78. The van der Waals surface area contributed by atoms with Crippen molar-refractivity contribution in [1.82, 2.24) is 9.88 Å². The Balaban J connectivity index is 2.06.